The molecule has 0 heterocycles. The number of rotatable bonds is 11. The third-order valence-corrected chi connectivity index (χ3v) is 4.17. The Labute approximate surface area is 121 Å². The first kappa shape index (κ1) is 18.9. The number of nitrogens with zero attached hydrogens (tertiary/aromatic N) is 1. The predicted molar refractivity (Wildman–Crippen MR) is 84.7 cm³/mol. The van der Waals surface area contributed by atoms with E-state index < -0.39 is 0 Å². The summed E-state index contributed by atoms with van der Waals surface area (Å²) in [6.07, 6.45) is 2.40. The van der Waals surface area contributed by atoms with Gasteiger partial charge in [0, 0.05) is 38.8 Å². The highest BCUT2D eigenvalue weighted by molar-refractivity contribution is 4.82. The largest absolute Gasteiger partial charge is 0.383 e. The van der Waals surface area contributed by atoms with Crippen molar-refractivity contribution in [3.8, 4) is 0 Å². The lowest BCUT2D eigenvalue weighted by molar-refractivity contribution is 0.0804. The Morgan fingerprint density at radius 3 is 2.26 bits per heavy atom. The molecule has 2 atom stereocenters. The Kier molecular flexibility index (Phi) is 9.67. The second-order valence-corrected chi connectivity index (χ2v) is 6.42. The Balaban J connectivity index is 4.55. The van der Waals surface area contributed by atoms with E-state index >= 15 is 0 Å². The Bertz CT molecular complexity index is 221. The fourth-order valence-corrected chi connectivity index (χ4v) is 2.16. The minimum Gasteiger partial charge on any atom is -0.383 e. The zero-order valence-electron chi connectivity index (χ0n) is 14.3. The van der Waals surface area contributed by atoms with Gasteiger partial charge in [0.1, 0.15) is 0 Å². The van der Waals surface area contributed by atoms with Crippen LogP contribution in [0.4, 0.5) is 0 Å². The highest BCUT2D eigenvalue weighted by Gasteiger charge is 2.27. The lowest BCUT2D eigenvalue weighted by Crippen LogP contribution is -2.47. The number of hydrogen-bond donors (Lipinski definition) is 1. The summed E-state index contributed by atoms with van der Waals surface area (Å²) in [4.78, 5) is 2.58. The van der Waals surface area contributed by atoms with Crippen molar-refractivity contribution >= 4 is 0 Å². The normalized spacial score (nSPS) is 16.9. The van der Waals surface area contributed by atoms with Crippen LogP contribution in [-0.4, -0.2) is 50.3 Å². The standard InChI is InChI=1S/C16H36N2O/c1-8-15(5)18(10-11-19-7)13-16(6,9-2)12-17-14(3)4/h14-15,17H,8-13H2,1-7H3. The molecule has 0 bridgehead atoms. The van der Waals surface area contributed by atoms with Crippen molar-refractivity contribution in [1.82, 2.24) is 10.2 Å². The first-order valence-corrected chi connectivity index (χ1v) is 7.84. The highest BCUT2D eigenvalue weighted by Crippen LogP contribution is 2.23. The lowest BCUT2D eigenvalue weighted by Gasteiger charge is -2.38. The van der Waals surface area contributed by atoms with E-state index in [0.29, 0.717) is 17.5 Å². The van der Waals surface area contributed by atoms with E-state index in [-0.39, 0.29) is 0 Å². The van der Waals surface area contributed by atoms with Crippen LogP contribution in [0, 0.1) is 5.41 Å². The van der Waals surface area contributed by atoms with E-state index in [0.717, 1.165) is 26.2 Å². The Hall–Kier alpha value is -0.120. The van der Waals surface area contributed by atoms with Crippen LogP contribution in [0.2, 0.25) is 0 Å². The number of ether oxygens (including phenoxy) is 1. The Morgan fingerprint density at radius 2 is 1.84 bits per heavy atom. The van der Waals surface area contributed by atoms with E-state index in [1.807, 2.05) is 0 Å². The minimum absolute atomic E-state index is 0.335. The van der Waals surface area contributed by atoms with Crippen LogP contribution in [0.5, 0.6) is 0 Å². The van der Waals surface area contributed by atoms with E-state index in [1.54, 1.807) is 7.11 Å². The highest BCUT2D eigenvalue weighted by atomic mass is 16.5. The molecule has 0 aliphatic carbocycles. The van der Waals surface area contributed by atoms with Gasteiger partial charge in [-0.15, -0.1) is 0 Å². The summed E-state index contributed by atoms with van der Waals surface area (Å²) in [6, 6.07) is 1.18. The van der Waals surface area contributed by atoms with Gasteiger partial charge in [0.2, 0.25) is 0 Å². The van der Waals surface area contributed by atoms with Gasteiger partial charge >= 0.3 is 0 Å². The quantitative estimate of drug-likeness (QED) is 0.625. The molecule has 0 aromatic rings. The number of nitrogens with one attached hydrogen (secondary N) is 1. The Morgan fingerprint density at radius 1 is 1.21 bits per heavy atom. The summed E-state index contributed by atoms with van der Waals surface area (Å²) in [5.74, 6) is 0. The minimum atomic E-state index is 0.335. The topological polar surface area (TPSA) is 24.5 Å². The van der Waals surface area contributed by atoms with Gasteiger partial charge in [-0.25, -0.2) is 0 Å². The van der Waals surface area contributed by atoms with E-state index in [9.17, 15) is 0 Å². The summed E-state index contributed by atoms with van der Waals surface area (Å²) in [7, 11) is 1.79. The first-order valence-electron chi connectivity index (χ1n) is 7.84. The van der Waals surface area contributed by atoms with Crippen LogP contribution in [-0.2, 0) is 4.74 Å². The number of hydrogen-bond acceptors (Lipinski definition) is 3. The van der Waals surface area contributed by atoms with Crippen molar-refractivity contribution in [3.05, 3.63) is 0 Å². The summed E-state index contributed by atoms with van der Waals surface area (Å²) >= 11 is 0. The fourth-order valence-electron chi connectivity index (χ4n) is 2.16. The third-order valence-electron chi connectivity index (χ3n) is 4.17. The zero-order chi connectivity index (χ0) is 14.9. The van der Waals surface area contributed by atoms with E-state index in [1.165, 1.54) is 12.8 Å². The van der Waals surface area contributed by atoms with Gasteiger partial charge in [-0.2, -0.15) is 0 Å². The summed E-state index contributed by atoms with van der Waals surface area (Å²) in [5, 5.41) is 3.60. The average Bonchev–Trinajstić information content (AvgIpc) is 2.40. The molecule has 0 aromatic heterocycles. The van der Waals surface area contributed by atoms with Gasteiger partial charge in [-0.05, 0) is 25.2 Å². The first-order chi connectivity index (χ1) is 8.88. The second-order valence-electron chi connectivity index (χ2n) is 6.42. The molecule has 0 saturated heterocycles. The van der Waals surface area contributed by atoms with Crippen LogP contribution in [0.1, 0.15) is 54.4 Å². The molecule has 0 aromatic carbocycles. The maximum absolute atomic E-state index is 5.26. The maximum Gasteiger partial charge on any atom is 0.0589 e. The van der Waals surface area contributed by atoms with Crippen LogP contribution < -0.4 is 5.32 Å². The molecule has 3 heteroatoms. The summed E-state index contributed by atoms with van der Waals surface area (Å²) in [5.41, 5.74) is 0.335. The molecule has 3 nitrogen and oxygen atoms in total. The average molecular weight is 272 g/mol. The fraction of sp³-hybridized carbons (Fsp3) is 1.00. The molecule has 0 amide bonds. The molecular weight excluding hydrogens is 236 g/mol. The van der Waals surface area contributed by atoms with Gasteiger partial charge in [0.15, 0.2) is 0 Å². The molecule has 0 radical (unpaired) electrons. The molecule has 1 N–H and O–H groups in total. The molecule has 19 heavy (non-hydrogen) atoms. The zero-order valence-corrected chi connectivity index (χ0v) is 14.3. The molecule has 0 aliphatic rings. The molecule has 0 fully saturated rings. The second kappa shape index (κ2) is 9.73. The van der Waals surface area contributed by atoms with Crippen molar-refractivity contribution in [2.45, 2.75) is 66.5 Å². The maximum atomic E-state index is 5.26. The van der Waals surface area contributed by atoms with Crippen molar-refractivity contribution in [3.63, 3.8) is 0 Å². The lowest BCUT2D eigenvalue weighted by atomic mass is 9.86. The molecule has 116 valence electrons. The molecule has 0 spiro atoms. The molecule has 0 rings (SSSR count). The van der Waals surface area contributed by atoms with Gasteiger partial charge in [-0.3, -0.25) is 4.90 Å². The third kappa shape index (κ3) is 7.91. The van der Waals surface area contributed by atoms with E-state index in [2.05, 4.69) is 51.8 Å². The van der Waals surface area contributed by atoms with Crippen molar-refractivity contribution in [2.75, 3.05) is 33.4 Å². The number of methoxy groups -OCH3 is 1. The summed E-state index contributed by atoms with van der Waals surface area (Å²) < 4.78 is 5.26. The van der Waals surface area contributed by atoms with Crippen molar-refractivity contribution in [2.24, 2.45) is 5.41 Å². The summed E-state index contributed by atoms with van der Waals surface area (Å²) in [6.45, 7) is 17.8. The SMILES string of the molecule is CCC(C)N(CCOC)CC(C)(CC)CNC(C)C. The molecule has 0 aliphatic heterocycles. The molecule has 0 saturated carbocycles. The molecule has 2 unspecified atom stereocenters. The monoisotopic (exact) mass is 272 g/mol. The van der Waals surface area contributed by atoms with Crippen LogP contribution in [0.15, 0.2) is 0 Å². The molecular formula is C16H36N2O. The van der Waals surface area contributed by atoms with Gasteiger partial charge in [0.25, 0.3) is 0 Å². The van der Waals surface area contributed by atoms with E-state index in [4.69, 9.17) is 4.74 Å². The van der Waals surface area contributed by atoms with Crippen molar-refractivity contribution < 1.29 is 4.74 Å². The predicted octanol–water partition coefficient (Wildman–Crippen LogP) is 3.15. The smallest absolute Gasteiger partial charge is 0.0589 e. The van der Waals surface area contributed by atoms with Crippen LogP contribution in [0.3, 0.4) is 0 Å². The van der Waals surface area contributed by atoms with Crippen LogP contribution >= 0.6 is 0 Å². The van der Waals surface area contributed by atoms with Gasteiger partial charge < -0.3 is 10.1 Å². The van der Waals surface area contributed by atoms with Crippen molar-refractivity contribution in [1.29, 1.82) is 0 Å². The van der Waals surface area contributed by atoms with Gasteiger partial charge in [-0.1, -0.05) is 34.6 Å². The van der Waals surface area contributed by atoms with Crippen LogP contribution in [0.25, 0.3) is 0 Å². The van der Waals surface area contributed by atoms with Gasteiger partial charge in [0.05, 0.1) is 6.61 Å².